The first-order chi connectivity index (χ1) is 9.24. The highest BCUT2D eigenvalue weighted by Crippen LogP contribution is 2.31. The standard InChI is InChI=1S/C15H12ClN3/c1-10-15(13-4-2-3-5-14(13)17-10)19-18-12-8-6-11(16)7-9-12/h2-9,17H,1H3. The van der Waals surface area contributed by atoms with Gasteiger partial charge in [0.05, 0.1) is 5.69 Å². The van der Waals surface area contributed by atoms with Crippen LogP contribution in [0.2, 0.25) is 5.02 Å². The molecule has 2 aromatic carbocycles. The summed E-state index contributed by atoms with van der Waals surface area (Å²) in [5.74, 6) is 0. The van der Waals surface area contributed by atoms with Crippen molar-refractivity contribution in [1.82, 2.24) is 4.98 Å². The minimum atomic E-state index is 0.697. The predicted molar refractivity (Wildman–Crippen MR) is 78.7 cm³/mol. The molecule has 1 N–H and O–H groups in total. The molecule has 4 heteroatoms. The first-order valence-electron chi connectivity index (χ1n) is 5.98. The van der Waals surface area contributed by atoms with E-state index in [1.165, 1.54) is 0 Å². The van der Waals surface area contributed by atoms with Crippen LogP contribution in [-0.2, 0) is 0 Å². The number of benzene rings is 2. The van der Waals surface area contributed by atoms with E-state index < -0.39 is 0 Å². The number of hydrogen-bond donors (Lipinski definition) is 1. The molecule has 0 spiro atoms. The Balaban J connectivity index is 2.01. The van der Waals surface area contributed by atoms with Gasteiger partial charge in [-0.15, -0.1) is 5.11 Å². The monoisotopic (exact) mass is 269 g/mol. The van der Waals surface area contributed by atoms with E-state index in [1.807, 2.05) is 43.3 Å². The van der Waals surface area contributed by atoms with E-state index in [-0.39, 0.29) is 0 Å². The molecule has 0 unspecified atom stereocenters. The maximum atomic E-state index is 5.84. The second-order valence-electron chi connectivity index (χ2n) is 4.32. The van der Waals surface area contributed by atoms with Crippen LogP contribution in [0, 0.1) is 6.92 Å². The number of halogens is 1. The van der Waals surface area contributed by atoms with Crippen molar-refractivity contribution in [3.8, 4) is 0 Å². The van der Waals surface area contributed by atoms with Gasteiger partial charge in [0.15, 0.2) is 0 Å². The minimum absolute atomic E-state index is 0.697. The fourth-order valence-corrected chi connectivity index (χ4v) is 2.13. The summed E-state index contributed by atoms with van der Waals surface area (Å²) in [5, 5.41) is 10.4. The number of aromatic nitrogens is 1. The van der Waals surface area contributed by atoms with Gasteiger partial charge in [-0.1, -0.05) is 29.8 Å². The molecular weight excluding hydrogens is 258 g/mol. The van der Waals surface area contributed by atoms with Crippen molar-refractivity contribution < 1.29 is 0 Å². The van der Waals surface area contributed by atoms with Crippen LogP contribution in [0.15, 0.2) is 58.8 Å². The van der Waals surface area contributed by atoms with E-state index in [0.717, 1.165) is 28.0 Å². The van der Waals surface area contributed by atoms with Crippen LogP contribution in [0.4, 0.5) is 11.4 Å². The van der Waals surface area contributed by atoms with Crippen LogP contribution in [0.25, 0.3) is 10.9 Å². The van der Waals surface area contributed by atoms with Gasteiger partial charge in [0, 0.05) is 21.6 Å². The zero-order valence-corrected chi connectivity index (χ0v) is 11.1. The molecule has 0 aliphatic heterocycles. The van der Waals surface area contributed by atoms with Crippen molar-refractivity contribution in [2.75, 3.05) is 0 Å². The molecule has 3 rings (SSSR count). The third-order valence-electron chi connectivity index (χ3n) is 2.95. The van der Waals surface area contributed by atoms with Crippen molar-refractivity contribution >= 4 is 33.9 Å². The Morgan fingerprint density at radius 2 is 1.68 bits per heavy atom. The largest absolute Gasteiger partial charge is 0.357 e. The summed E-state index contributed by atoms with van der Waals surface area (Å²) in [6.45, 7) is 2.00. The second-order valence-corrected chi connectivity index (χ2v) is 4.76. The predicted octanol–water partition coefficient (Wildman–Crippen LogP) is 5.55. The van der Waals surface area contributed by atoms with Crippen LogP contribution in [0.1, 0.15) is 5.69 Å². The summed E-state index contributed by atoms with van der Waals surface area (Å²) in [6, 6.07) is 15.4. The Labute approximate surface area is 115 Å². The molecule has 0 saturated heterocycles. The van der Waals surface area contributed by atoms with Gasteiger partial charge in [-0.05, 0) is 37.3 Å². The van der Waals surface area contributed by atoms with Crippen LogP contribution in [0.3, 0.4) is 0 Å². The van der Waals surface area contributed by atoms with Crippen molar-refractivity contribution in [2.24, 2.45) is 10.2 Å². The lowest BCUT2D eigenvalue weighted by Gasteiger charge is -1.94. The van der Waals surface area contributed by atoms with E-state index in [0.29, 0.717) is 5.02 Å². The van der Waals surface area contributed by atoms with Crippen LogP contribution in [0.5, 0.6) is 0 Å². The molecule has 1 heterocycles. The van der Waals surface area contributed by atoms with Crippen LogP contribution >= 0.6 is 11.6 Å². The molecule has 3 aromatic rings. The van der Waals surface area contributed by atoms with Gasteiger partial charge < -0.3 is 4.98 Å². The molecule has 0 saturated carbocycles. The quantitative estimate of drug-likeness (QED) is 0.593. The first-order valence-corrected chi connectivity index (χ1v) is 6.36. The van der Waals surface area contributed by atoms with Crippen LogP contribution < -0.4 is 0 Å². The van der Waals surface area contributed by atoms with E-state index in [9.17, 15) is 0 Å². The maximum absolute atomic E-state index is 5.84. The zero-order valence-electron chi connectivity index (χ0n) is 10.4. The van der Waals surface area contributed by atoms with Crippen molar-refractivity contribution in [3.05, 3.63) is 59.2 Å². The Bertz CT molecular complexity index is 742. The SMILES string of the molecule is Cc1[nH]c2ccccc2c1N=Nc1ccc(Cl)cc1. The number of aryl methyl sites for hydroxylation is 1. The topological polar surface area (TPSA) is 40.5 Å². The molecule has 19 heavy (non-hydrogen) atoms. The number of azo groups is 1. The lowest BCUT2D eigenvalue weighted by atomic mass is 10.2. The number of nitrogens with one attached hydrogen (secondary N) is 1. The van der Waals surface area contributed by atoms with Gasteiger partial charge in [-0.25, -0.2) is 0 Å². The Kier molecular flexibility index (Phi) is 3.05. The number of H-pyrrole nitrogens is 1. The number of fused-ring (bicyclic) bond motifs is 1. The molecule has 0 radical (unpaired) electrons. The van der Waals surface area contributed by atoms with Crippen molar-refractivity contribution in [3.63, 3.8) is 0 Å². The maximum Gasteiger partial charge on any atom is 0.114 e. The Hall–Kier alpha value is -2.13. The molecule has 0 bridgehead atoms. The molecule has 0 aliphatic carbocycles. The second kappa shape index (κ2) is 4.86. The summed E-state index contributed by atoms with van der Waals surface area (Å²) in [4.78, 5) is 3.30. The molecule has 94 valence electrons. The lowest BCUT2D eigenvalue weighted by molar-refractivity contribution is 1.20. The van der Waals surface area contributed by atoms with E-state index in [1.54, 1.807) is 12.1 Å². The molecule has 1 aromatic heterocycles. The molecule has 3 nitrogen and oxygen atoms in total. The number of aromatic amines is 1. The fraction of sp³-hybridized carbons (Fsp3) is 0.0667. The summed E-state index contributed by atoms with van der Waals surface area (Å²) in [7, 11) is 0. The molecule has 0 aliphatic rings. The van der Waals surface area contributed by atoms with Crippen molar-refractivity contribution in [2.45, 2.75) is 6.92 Å². The number of para-hydroxylation sites is 1. The number of hydrogen-bond acceptors (Lipinski definition) is 2. The third kappa shape index (κ3) is 2.37. The minimum Gasteiger partial charge on any atom is -0.357 e. The van der Waals surface area contributed by atoms with Gasteiger partial charge in [0.1, 0.15) is 5.69 Å². The third-order valence-corrected chi connectivity index (χ3v) is 3.20. The van der Waals surface area contributed by atoms with E-state index >= 15 is 0 Å². The first kappa shape index (κ1) is 11.9. The van der Waals surface area contributed by atoms with E-state index in [2.05, 4.69) is 15.2 Å². The van der Waals surface area contributed by atoms with Gasteiger partial charge >= 0.3 is 0 Å². The van der Waals surface area contributed by atoms with Crippen molar-refractivity contribution in [1.29, 1.82) is 0 Å². The molecule has 0 atom stereocenters. The highest BCUT2D eigenvalue weighted by atomic mass is 35.5. The lowest BCUT2D eigenvalue weighted by Crippen LogP contribution is -1.68. The fourth-order valence-electron chi connectivity index (χ4n) is 2.01. The number of nitrogens with zero attached hydrogens (tertiary/aromatic N) is 2. The van der Waals surface area contributed by atoms with Gasteiger partial charge in [-0.3, -0.25) is 0 Å². The van der Waals surface area contributed by atoms with E-state index in [4.69, 9.17) is 11.6 Å². The molecule has 0 fully saturated rings. The van der Waals surface area contributed by atoms with Gasteiger partial charge in [-0.2, -0.15) is 5.11 Å². The highest BCUT2D eigenvalue weighted by molar-refractivity contribution is 6.30. The smallest absolute Gasteiger partial charge is 0.114 e. The average Bonchev–Trinajstić information content (AvgIpc) is 2.74. The molecule has 0 amide bonds. The average molecular weight is 270 g/mol. The zero-order chi connectivity index (χ0) is 13.2. The Morgan fingerprint density at radius 1 is 0.947 bits per heavy atom. The Morgan fingerprint density at radius 3 is 2.47 bits per heavy atom. The summed E-state index contributed by atoms with van der Waals surface area (Å²) in [5.41, 5.74) is 3.75. The van der Waals surface area contributed by atoms with Crippen LogP contribution in [-0.4, -0.2) is 4.98 Å². The normalized spacial score (nSPS) is 11.5. The highest BCUT2D eigenvalue weighted by Gasteiger charge is 2.06. The summed E-state index contributed by atoms with van der Waals surface area (Å²) >= 11 is 5.84. The van der Waals surface area contributed by atoms with Gasteiger partial charge in [0.2, 0.25) is 0 Å². The summed E-state index contributed by atoms with van der Waals surface area (Å²) < 4.78 is 0. The molecular formula is C15H12ClN3. The summed E-state index contributed by atoms with van der Waals surface area (Å²) in [6.07, 6.45) is 0. The van der Waals surface area contributed by atoms with Gasteiger partial charge in [0.25, 0.3) is 0 Å². The number of rotatable bonds is 2.